The standard InChI is InChI=1S/C36H40ClN3O5/c1-2-42-31-14-15-33-34(23-31)43-25-36(44-33)45-38-30(21-26-10-12-29(37)13-11-26)22-27-16-19-39(20-17-27)32-8-4-3-7-28(32)24-40-18-6-5-9-35(40)41/h3-4,7-8,10-15,22-23,25,30,38H,2,5-6,9,16-21,24H2,1H3. The van der Waals surface area contributed by atoms with Gasteiger partial charge in [-0.2, -0.15) is 0 Å². The number of anilines is 1. The lowest BCUT2D eigenvalue weighted by Gasteiger charge is -2.34. The van der Waals surface area contributed by atoms with Crippen LogP contribution < -0.4 is 24.6 Å². The van der Waals surface area contributed by atoms with E-state index in [9.17, 15) is 4.79 Å². The molecule has 1 N–H and O–H groups in total. The first-order valence-corrected chi connectivity index (χ1v) is 16.2. The zero-order valence-corrected chi connectivity index (χ0v) is 26.4. The van der Waals surface area contributed by atoms with Gasteiger partial charge in [0, 0.05) is 49.4 Å². The van der Waals surface area contributed by atoms with Crippen molar-refractivity contribution in [2.24, 2.45) is 0 Å². The van der Waals surface area contributed by atoms with Crippen LogP contribution in [0, 0.1) is 0 Å². The molecule has 0 saturated carbocycles. The molecule has 3 aliphatic heterocycles. The number of para-hydroxylation sites is 1. The number of nitrogens with zero attached hydrogens (tertiary/aromatic N) is 2. The van der Waals surface area contributed by atoms with Crippen molar-refractivity contribution in [3.63, 3.8) is 0 Å². The first-order valence-electron chi connectivity index (χ1n) is 15.8. The molecule has 0 aromatic heterocycles. The number of rotatable bonds is 11. The zero-order chi connectivity index (χ0) is 31.0. The number of halogens is 1. The van der Waals surface area contributed by atoms with E-state index in [1.165, 1.54) is 23.1 Å². The molecule has 3 aliphatic rings. The van der Waals surface area contributed by atoms with Crippen LogP contribution >= 0.6 is 11.6 Å². The molecule has 236 valence electrons. The smallest absolute Gasteiger partial charge is 0.341 e. The van der Waals surface area contributed by atoms with Crippen LogP contribution in [-0.4, -0.2) is 43.1 Å². The largest absolute Gasteiger partial charge is 0.494 e. The molecule has 3 heterocycles. The lowest BCUT2D eigenvalue weighted by atomic mass is 9.97. The first-order chi connectivity index (χ1) is 22.0. The summed E-state index contributed by atoms with van der Waals surface area (Å²) in [4.78, 5) is 22.9. The van der Waals surface area contributed by atoms with Crippen LogP contribution in [-0.2, 0) is 22.6 Å². The predicted octanol–water partition coefficient (Wildman–Crippen LogP) is 7.18. The maximum Gasteiger partial charge on any atom is 0.341 e. The van der Waals surface area contributed by atoms with Gasteiger partial charge in [-0.05, 0) is 80.5 Å². The van der Waals surface area contributed by atoms with Crippen LogP contribution in [0.4, 0.5) is 5.69 Å². The summed E-state index contributed by atoms with van der Waals surface area (Å²) < 4.78 is 17.3. The molecule has 0 aliphatic carbocycles. The molecule has 2 saturated heterocycles. The molecule has 8 nitrogen and oxygen atoms in total. The molecule has 1 atom stereocenters. The Morgan fingerprint density at radius 2 is 1.80 bits per heavy atom. The van der Waals surface area contributed by atoms with Crippen LogP contribution in [0.25, 0.3) is 0 Å². The monoisotopic (exact) mass is 629 g/mol. The lowest BCUT2D eigenvalue weighted by Crippen LogP contribution is -2.36. The van der Waals surface area contributed by atoms with Crippen LogP contribution in [0.1, 0.15) is 50.2 Å². The number of fused-ring (bicyclic) bond motifs is 1. The van der Waals surface area contributed by atoms with Crippen molar-refractivity contribution < 1.29 is 23.8 Å². The number of benzene rings is 3. The SMILES string of the molecule is CCOc1ccc2c(c1)OC=C(ONC(C=C1CCN(c3ccccc3CN3CCCCC3=O)CC1)Cc1ccc(Cl)cc1)O2. The summed E-state index contributed by atoms with van der Waals surface area (Å²) in [5, 5.41) is 0.708. The number of nitrogens with one attached hydrogen (secondary N) is 1. The highest BCUT2D eigenvalue weighted by molar-refractivity contribution is 6.30. The molecule has 0 radical (unpaired) electrons. The van der Waals surface area contributed by atoms with Crippen LogP contribution in [0.5, 0.6) is 17.2 Å². The Labute approximate surface area is 270 Å². The van der Waals surface area contributed by atoms with Crippen molar-refractivity contribution in [2.45, 2.75) is 58.0 Å². The molecule has 9 heteroatoms. The third kappa shape index (κ3) is 8.12. The van der Waals surface area contributed by atoms with Gasteiger partial charge in [0.2, 0.25) is 5.91 Å². The fraction of sp³-hybridized carbons (Fsp3) is 0.361. The van der Waals surface area contributed by atoms with E-state index in [1.807, 2.05) is 42.2 Å². The number of ether oxygens (including phenoxy) is 3. The summed E-state index contributed by atoms with van der Waals surface area (Å²) in [5.74, 6) is 2.34. The highest BCUT2D eigenvalue weighted by atomic mass is 35.5. The van der Waals surface area contributed by atoms with E-state index >= 15 is 0 Å². The Bertz CT molecular complexity index is 1530. The van der Waals surface area contributed by atoms with Crippen molar-refractivity contribution in [1.29, 1.82) is 0 Å². The number of piperidine rings is 2. The maximum absolute atomic E-state index is 12.5. The van der Waals surface area contributed by atoms with Gasteiger partial charge in [0.15, 0.2) is 17.8 Å². The maximum atomic E-state index is 12.5. The number of carbonyl (C=O) groups is 1. The van der Waals surface area contributed by atoms with Gasteiger partial charge in [-0.25, -0.2) is 0 Å². The normalized spacial score (nSPS) is 17.1. The summed E-state index contributed by atoms with van der Waals surface area (Å²) in [7, 11) is 0. The van der Waals surface area contributed by atoms with Crippen LogP contribution in [0.3, 0.4) is 0 Å². The molecule has 45 heavy (non-hydrogen) atoms. The van der Waals surface area contributed by atoms with E-state index in [1.54, 1.807) is 12.1 Å². The molecule has 1 amide bonds. The number of hydroxylamine groups is 1. The van der Waals surface area contributed by atoms with Gasteiger partial charge in [0.05, 0.1) is 12.6 Å². The van der Waals surface area contributed by atoms with E-state index in [2.05, 4.69) is 40.7 Å². The third-order valence-electron chi connectivity index (χ3n) is 8.36. The molecule has 3 aromatic carbocycles. The summed E-state index contributed by atoms with van der Waals surface area (Å²) in [6.45, 7) is 5.86. The Balaban J connectivity index is 1.10. The second-order valence-electron chi connectivity index (χ2n) is 11.6. The molecule has 6 rings (SSSR count). The van der Waals surface area contributed by atoms with E-state index in [4.69, 9.17) is 30.6 Å². The van der Waals surface area contributed by atoms with E-state index in [0.717, 1.165) is 56.6 Å². The molecule has 0 bridgehead atoms. The summed E-state index contributed by atoms with van der Waals surface area (Å²) in [5.41, 5.74) is 8.16. The number of hydrogen-bond donors (Lipinski definition) is 1. The van der Waals surface area contributed by atoms with Gasteiger partial charge in [-0.3, -0.25) is 4.79 Å². The predicted molar refractivity (Wildman–Crippen MR) is 175 cm³/mol. The van der Waals surface area contributed by atoms with Crippen LogP contribution in [0.15, 0.2) is 90.6 Å². The van der Waals surface area contributed by atoms with Crippen molar-refractivity contribution in [3.05, 3.63) is 107 Å². The second-order valence-corrected chi connectivity index (χ2v) is 12.0. The van der Waals surface area contributed by atoms with Gasteiger partial charge >= 0.3 is 5.95 Å². The fourth-order valence-corrected chi connectivity index (χ4v) is 6.15. The number of carbonyl (C=O) groups excluding carboxylic acids is 1. The lowest BCUT2D eigenvalue weighted by molar-refractivity contribution is -0.133. The second kappa shape index (κ2) is 14.8. The van der Waals surface area contributed by atoms with Gasteiger partial charge in [0.1, 0.15) is 5.75 Å². The number of hydrogen-bond acceptors (Lipinski definition) is 7. The zero-order valence-electron chi connectivity index (χ0n) is 25.7. The average molecular weight is 630 g/mol. The fourth-order valence-electron chi connectivity index (χ4n) is 6.03. The van der Waals surface area contributed by atoms with Crippen molar-refractivity contribution in [1.82, 2.24) is 10.4 Å². The minimum absolute atomic E-state index is 0.114. The summed E-state index contributed by atoms with van der Waals surface area (Å²) in [6.07, 6.45) is 9.05. The third-order valence-corrected chi connectivity index (χ3v) is 8.61. The number of amides is 1. The van der Waals surface area contributed by atoms with Crippen molar-refractivity contribution in [3.8, 4) is 17.2 Å². The highest BCUT2D eigenvalue weighted by Crippen LogP contribution is 2.36. The molecular formula is C36H40ClN3O5. The van der Waals surface area contributed by atoms with Gasteiger partial charge in [-0.1, -0.05) is 53.6 Å². The molecule has 1 unspecified atom stereocenters. The van der Waals surface area contributed by atoms with Gasteiger partial charge in [-0.15, -0.1) is 5.48 Å². The van der Waals surface area contributed by atoms with Crippen LogP contribution in [0.2, 0.25) is 5.02 Å². The minimum atomic E-state index is -0.114. The highest BCUT2D eigenvalue weighted by Gasteiger charge is 2.23. The number of likely N-dealkylation sites (tertiary alicyclic amines) is 1. The summed E-state index contributed by atoms with van der Waals surface area (Å²) in [6, 6.07) is 21.7. The topological polar surface area (TPSA) is 72.5 Å². The molecular weight excluding hydrogens is 590 g/mol. The summed E-state index contributed by atoms with van der Waals surface area (Å²) >= 11 is 6.15. The molecule has 2 fully saturated rings. The first kappa shape index (κ1) is 30.9. The van der Waals surface area contributed by atoms with Gasteiger partial charge in [0.25, 0.3) is 0 Å². The Morgan fingerprint density at radius 3 is 2.60 bits per heavy atom. The van der Waals surface area contributed by atoms with E-state index in [0.29, 0.717) is 42.5 Å². The Morgan fingerprint density at radius 1 is 0.978 bits per heavy atom. The van der Waals surface area contributed by atoms with E-state index < -0.39 is 0 Å². The quantitative estimate of drug-likeness (QED) is 0.178. The van der Waals surface area contributed by atoms with E-state index in [-0.39, 0.29) is 17.9 Å². The van der Waals surface area contributed by atoms with Crippen molar-refractivity contribution in [2.75, 3.05) is 31.1 Å². The van der Waals surface area contributed by atoms with Gasteiger partial charge < -0.3 is 28.8 Å². The molecule has 3 aromatic rings. The minimum Gasteiger partial charge on any atom is -0.494 e. The Kier molecular flexibility index (Phi) is 10.1. The Hall–Kier alpha value is -4.14. The average Bonchev–Trinajstić information content (AvgIpc) is 3.06. The van der Waals surface area contributed by atoms with Crippen molar-refractivity contribution >= 4 is 23.2 Å². The molecule has 0 spiro atoms.